The Morgan fingerprint density at radius 3 is 2.21 bits per heavy atom. The number of rotatable bonds is 8. The second-order valence-electron chi connectivity index (χ2n) is 9.47. The largest absolute Gasteiger partial charge is 0.444 e. The molecule has 5 atom stereocenters. The molecule has 2 amide bonds. The summed E-state index contributed by atoms with van der Waals surface area (Å²) in [5, 5.41) is 2.51. The van der Waals surface area contributed by atoms with E-state index in [1.54, 1.807) is 27.7 Å². The third-order valence-corrected chi connectivity index (χ3v) is 5.79. The summed E-state index contributed by atoms with van der Waals surface area (Å²) in [7, 11) is 2.96. The van der Waals surface area contributed by atoms with Gasteiger partial charge in [-0.25, -0.2) is 13.6 Å². The molecule has 1 N–H and O–H groups in total. The van der Waals surface area contributed by atoms with Crippen molar-refractivity contribution in [1.82, 2.24) is 10.2 Å². The quantitative estimate of drug-likeness (QED) is 0.569. The fourth-order valence-corrected chi connectivity index (χ4v) is 4.04. The topological polar surface area (TPSA) is 94.2 Å². The van der Waals surface area contributed by atoms with Crippen molar-refractivity contribution in [3.63, 3.8) is 0 Å². The van der Waals surface area contributed by atoms with Gasteiger partial charge in [0.25, 0.3) is 0 Å². The number of likely N-dealkylation sites (tertiary alicyclic amines) is 1. The molecule has 1 aliphatic heterocycles. The lowest BCUT2D eigenvalue weighted by Gasteiger charge is -2.34. The molecule has 0 unspecified atom stereocenters. The van der Waals surface area contributed by atoms with Crippen LogP contribution in [-0.4, -0.2) is 73.3 Å². The van der Waals surface area contributed by atoms with Crippen molar-refractivity contribution in [2.24, 2.45) is 5.92 Å². The van der Waals surface area contributed by atoms with Gasteiger partial charge in [-0.05, 0) is 46.2 Å². The summed E-state index contributed by atoms with van der Waals surface area (Å²) in [6, 6.07) is 1.40. The predicted molar refractivity (Wildman–Crippen MR) is 120 cm³/mol. The number of methoxy groups -OCH3 is 2. The SMILES string of the molecule is CO[C@@H]1C[C@@H]([C@H](OC)[C@@H](C)C(=O)N[C@@H](C)C(=O)c2c(F)cccc2F)N(C(=O)OC(C)(C)C)C1. The standard InChI is InChI=1S/C24H34F2N2O6/c1-13(22(30)27-14(2)20(29)19-16(25)9-8-10-17(19)26)21(33-7)18-11-15(32-6)12-28(18)23(31)34-24(3,4)5/h8-10,13-15,18,21H,11-12H2,1-7H3,(H,27,30)/t13-,14+,15-,18+,21-/m1/s1. The molecule has 190 valence electrons. The molecular formula is C24H34F2N2O6. The van der Waals surface area contributed by atoms with E-state index in [2.05, 4.69) is 5.32 Å². The highest BCUT2D eigenvalue weighted by atomic mass is 19.1. The molecule has 8 nitrogen and oxygen atoms in total. The van der Waals surface area contributed by atoms with Gasteiger partial charge in [-0.1, -0.05) is 13.0 Å². The normalized spacial score (nSPS) is 21.0. The minimum atomic E-state index is -1.18. The minimum Gasteiger partial charge on any atom is -0.444 e. The highest BCUT2D eigenvalue weighted by molar-refractivity contribution is 6.02. The van der Waals surface area contributed by atoms with E-state index in [9.17, 15) is 23.2 Å². The van der Waals surface area contributed by atoms with Gasteiger partial charge >= 0.3 is 6.09 Å². The average molecular weight is 485 g/mol. The Bertz CT molecular complexity index is 884. The van der Waals surface area contributed by atoms with Crippen molar-refractivity contribution in [1.29, 1.82) is 0 Å². The van der Waals surface area contributed by atoms with E-state index in [0.717, 1.165) is 18.2 Å². The monoisotopic (exact) mass is 484 g/mol. The number of nitrogens with one attached hydrogen (secondary N) is 1. The number of hydrogen-bond acceptors (Lipinski definition) is 6. The number of benzene rings is 1. The van der Waals surface area contributed by atoms with Crippen LogP contribution in [0.1, 0.15) is 51.4 Å². The van der Waals surface area contributed by atoms with Crippen LogP contribution in [0, 0.1) is 17.6 Å². The van der Waals surface area contributed by atoms with Gasteiger partial charge in [-0.2, -0.15) is 0 Å². The van der Waals surface area contributed by atoms with Crippen molar-refractivity contribution in [3.8, 4) is 0 Å². The molecule has 0 spiro atoms. The first-order chi connectivity index (χ1) is 15.8. The van der Waals surface area contributed by atoms with Crippen LogP contribution in [0.2, 0.25) is 0 Å². The van der Waals surface area contributed by atoms with Gasteiger partial charge in [0.2, 0.25) is 5.91 Å². The lowest BCUT2D eigenvalue weighted by atomic mass is 9.94. The van der Waals surface area contributed by atoms with Crippen molar-refractivity contribution in [2.75, 3.05) is 20.8 Å². The van der Waals surface area contributed by atoms with Crippen LogP contribution in [0.5, 0.6) is 0 Å². The Labute approximate surface area is 198 Å². The number of amides is 2. The first kappa shape index (κ1) is 27.7. The van der Waals surface area contributed by atoms with Gasteiger partial charge in [0.1, 0.15) is 17.2 Å². The van der Waals surface area contributed by atoms with Crippen molar-refractivity contribution < 1.29 is 37.4 Å². The average Bonchev–Trinajstić information content (AvgIpc) is 3.17. The first-order valence-electron chi connectivity index (χ1n) is 11.1. The molecule has 1 aliphatic rings. The molecule has 1 saturated heterocycles. The molecule has 2 rings (SSSR count). The second-order valence-corrected chi connectivity index (χ2v) is 9.47. The zero-order valence-corrected chi connectivity index (χ0v) is 20.7. The minimum absolute atomic E-state index is 0.269. The summed E-state index contributed by atoms with van der Waals surface area (Å²) in [5.41, 5.74) is -1.42. The fraction of sp³-hybridized carbons (Fsp3) is 0.625. The van der Waals surface area contributed by atoms with E-state index in [0.29, 0.717) is 6.42 Å². The third kappa shape index (κ3) is 6.50. The number of halogens is 2. The highest BCUT2D eigenvalue weighted by Gasteiger charge is 2.45. The molecule has 1 heterocycles. The molecule has 34 heavy (non-hydrogen) atoms. The lowest BCUT2D eigenvalue weighted by Crippen LogP contribution is -2.52. The second kappa shape index (κ2) is 11.2. The predicted octanol–water partition coefficient (Wildman–Crippen LogP) is 3.33. The van der Waals surface area contributed by atoms with Crippen LogP contribution in [-0.2, 0) is 19.0 Å². The summed E-state index contributed by atoms with van der Waals surface area (Å²) >= 11 is 0. The summed E-state index contributed by atoms with van der Waals surface area (Å²) in [6.45, 7) is 8.48. The number of ketones is 1. The van der Waals surface area contributed by atoms with Gasteiger partial charge in [0.15, 0.2) is 5.78 Å². The smallest absolute Gasteiger partial charge is 0.410 e. The fourth-order valence-electron chi connectivity index (χ4n) is 4.04. The van der Waals surface area contributed by atoms with E-state index in [1.807, 2.05) is 0 Å². The van der Waals surface area contributed by atoms with Crippen LogP contribution >= 0.6 is 0 Å². The Morgan fingerprint density at radius 2 is 1.71 bits per heavy atom. The van der Waals surface area contributed by atoms with Gasteiger partial charge < -0.3 is 19.5 Å². The molecule has 0 radical (unpaired) electrons. The number of hydrogen-bond donors (Lipinski definition) is 1. The molecular weight excluding hydrogens is 450 g/mol. The number of ether oxygens (including phenoxy) is 3. The Kier molecular flexibility index (Phi) is 9.13. The summed E-state index contributed by atoms with van der Waals surface area (Å²) in [6.07, 6.45) is -1.15. The van der Waals surface area contributed by atoms with E-state index in [-0.39, 0.29) is 12.6 Å². The Hall–Kier alpha value is -2.59. The van der Waals surface area contributed by atoms with E-state index in [4.69, 9.17) is 14.2 Å². The van der Waals surface area contributed by atoms with Gasteiger partial charge in [-0.15, -0.1) is 0 Å². The molecule has 1 fully saturated rings. The van der Waals surface area contributed by atoms with E-state index in [1.165, 1.54) is 26.0 Å². The zero-order chi connectivity index (χ0) is 25.8. The number of Topliss-reactive ketones (excluding diaryl/α,β-unsaturated/α-hetero) is 1. The molecule has 0 aliphatic carbocycles. The van der Waals surface area contributed by atoms with E-state index >= 15 is 0 Å². The molecule has 0 bridgehead atoms. The number of nitrogens with zero attached hydrogens (tertiary/aromatic N) is 1. The van der Waals surface area contributed by atoms with E-state index < -0.39 is 64.7 Å². The number of carbonyl (C=O) groups excluding carboxylic acids is 3. The summed E-state index contributed by atoms with van der Waals surface area (Å²) in [5.74, 6) is -4.26. The Morgan fingerprint density at radius 1 is 1.12 bits per heavy atom. The van der Waals surface area contributed by atoms with Crippen molar-refractivity contribution >= 4 is 17.8 Å². The van der Waals surface area contributed by atoms with Crippen LogP contribution < -0.4 is 5.32 Å². The lowest BCUT2D eigenvalue weighted by molar-refractivity contribution is -0.131. The molecule has 1 aromatic rings. The molecule has 0 aromatic heterocycles. The number of carbonyl (C=O) groups is 3. The van der Waals surface area contributed by atoms with Crippen molar-refractivity contribution in [3.05, 3.63) is 35.4 Å². The molecule has 10 heteroatoms. The maximum absolute atomic E-state index is 14.0. The first-order valence-corrected chi connectivity index (χ1v) is 11.1. The summed E-state index contributed by atoms with van der Waals surface area (Å²) < 4.78 is 44.5. The van der Waals surface area contributed by atoms with Crippen LogP contribution in [0.25, 0.3) is 0 Å². The van der Waals surface area contributed by atoms with Crippen LogP contribution in [0.15, 0.2) is 18.2 Å². The third-order valence-electron chi connectivity index (χ3n) is 5.79. The molecule has 1 aromatic carbocycles. The van der Waals surface area contributed by atoms with Crippen LogP contribution in [0.4, 0.5) is 13.6 Å². The van der Waals surface area contributed by atoms with Gasteiger partial charge in [-0.3, -0.25) is 14.5 Å². The highest BCUT2D eigenvalue weighted by Crippen LogP contribution is 2.29. The zero-order valence-electron chi connectivity index (χ0n) is 20.7. The van der Waals surface area contributed by atoms with Gasteiger partial charge in [0, 0.05) is 14.2 Å². The maximum Gasteiger partial charge on any atom is 0.410 e. The van der Waals surface area contributed by atoms with Crippen molar-refractivity contribution in [2.45, 2.75) is 70.9 Å². The maximum atomic E-state index is 14.0. The van der Waals surface area contributed by atoms with Crippen LogP contribution in [0.3, 0.4) is 0 Å². The Balaban J connectivity index is 2.17. The molecule has 0 saturated carbocycles. The van der Waals surface area contributed by atoms with Gasteiger partial charge in [0.05, 0.1) is 42.3 Å². The summed E-state index contributed by atoms with van der Waals surface area (Å²) in [4.78, 5) is 39.9.